The number of halogens is 3. The molecule has 0 amide bonds. The van der Waals surface area contributed by atoms with Crippen molar-refractivity contribution in [3.63, 3.8) is 0 Å². The molecule has 2 rings (SSSR count). The monoisotopic (exact) mass is 306 g/mol. The summed E-state index contributed by atoms with van der Waals surface area (Å²) in [5.74, 6) is 2.29. The first-order valence-electron chi connectivity index (χ1n) is 6.42. The highest BCUT2D eigenvalue weighted by molar-refractivity contribution is 7.99. The Labute approximate surface area is 120 Å². The van der Waals surface area contributed by atoms with Crippen LogP contribution in [0.3, 0.4) is 0 Å². The van der Waals surface area contributed by atoms with Crippen molar-refractivity contribution in [2.45, 2.75) is 25.6 Å². The van der Waals surface area contributed by atoms with Gasteiger partial charge in [-0.1, -0.05) is 0 Å². The van der Waals surface area contributed by atoms with Crippen LogP contribution in [0.25, 0.3) is 0 Å². The first-order chi connectivity index (χ1) is 9.41. The van der Waals surface area contributed by atoms with Crippen molar-refractivity contribution in [2.24, 2.45) is 0 Å². The molecule has 0 bridgehead atoms. The molecule has 1 aliphatic rings. The molecule has 1 fully saturated rings. The number of nitrogens with zero attached hydrogens (tertiary/aromatic N) is 3. The summed E-state index contributed by atoms with van der Waals surface area (Å²) in [6, 6.07) is 1.24. The maximum atomic E-state index is 12.9. The number of thioether (sulfide) groups is 1. The van der Waals surface area contributed by atoms with E-state index in [0.717, 1.165) is 24.0 Å². The third-order valence-electron chi connectivity index (χ3n) is 3.15. The van der Waals surface area contributed by atoms with Crippen LogP contribution in [-0.4, -0.2) is 41.1 Å². The Morgan fingerprint density at radius 3 is 2.75 bits per heavy atom. The molecule has 0 radical (unpaired) electrons. The molecule has 4 nitrogen and oxygen atoms in total. The molecule has 1 aliphatic heterocycles. The fourth-order valence-corrected chi connectivity index (χ4v) is 3.28. The molecule has 0 saturated carbocycles. The molecule has 1 saturated heterocycles. The normalized spacial score (nSPS) is 19.1. The zero-order chi connectivity index (χ0) is 14.8. The zero-order valence-corrected chi connectivity index (χ0v) is 12.2. The predicted molar refractivity (Wildman–Crippen MR) is 75.3 cm³/mol. The summed E-state index contributed by atoms with van der Waals surface area (Å²) >= 11 is 1.81. The average molecular weight is 306 g/mol. The second-order valence-corrected chi connectivity index (χ2v) is 5.74. The Bertz CT molecular complexity index is 461. The summed E-state index contributed by atoms with van der Waals surface area (Å²) in [6.07, 6.45) is -3.50. The molecular weight excluding hydrogens is 289 g/mol. The summed E-state index contributed by atoms with van der Waals surface area (Å²) in [4.78, 5) is 9.52. The molecule has 0 spiro atoms. The van der Waals surface area contributed by atoms with Crippen LogP contribution >= 0.6 is 11.8 Å². The fourth-order valence-electron chi connectivity index (χ4n) is 2.01. The third kappa shape index (κ3) is 3.47. The SMILES string of the molecule is CCNc1nc(N(C)C2CCSC2)cc(C(F)(F)F)n1. The Hall–Kier alpha value is -1.18. The minimum absolute atomic E-state index is 0.0230. The average Bonchev–Trinajstić information content (AvgIpc) is 2.90. The van der Waals surface area contributed by atoms with Crippen LogP contribution in [0.4, 0.5) is 24.9 Å². The molecule has 0 aliphatic carbocycles. The highest BCUT2D eigenvalue weighted by Gasteiger charge is 2.34. The molecule has 1 aromatic rings. The van der Waals surface area contributed by atoms with Crippen molar-refractivity contribution in [1.29, 1.82) is 0 Å². The summed E-state index contributed by atoms with van der Waals surface area (Å²) in [5.41, 5.74) is -0.907. The Morgan fingerprint density at radius 2 is 2.20 bits per heavy atom. The van der Waals surface area contributed by atoms with Crippen LogP contribution in [-0.2, 0) is 6.18 Å². The van der Waals surface area contributed by atoms with Crippen molar-refractivity contribution >= 4 is 23.5 Å². The van der Waals surface area contributed by atoms with Crippen LogP contribution in [0.1, 0.15) is 19.0 Å². The highest BCUT2D eigenvalue weighted by atomic mass is 32.2. The van der Waals surface area contributed by atoms with Gasteiger partial charge in [-0.15, -0.1) is 0 Å². The van der Waals surface area contributed by atoms with Gasteiger partial charge < -0.3 is 10.2 Å². The topological polar surface area (TPSA) is 41.1 Å². The maximum Gasteiger partial charge on any atom is 0.433 e. The Kier molecular flexibility index (Phi) is 4.62. The molecule has 1 aromatic heterocycles. The molecule has 20 heavy (non-hydrogen) atoms. The van der Waals surface area contributed by atoms with Gasteiger partial charge in [-0.3, -0.25) is 0 Å². The quantitative estimate of drug-likeness (QED) is 0.926. The number of aromatic nitrogens is 2. The van der Waals surface area contributed by atoms with Gasteiger partial charge in [0.15, 0.2) is 5.69 Å². The lowest BCUT2D eigenvalue weighted by Gasteiger charge is -2.25. The standard InChI is InChI=1S/C12H17F3N4S/c1-3-16-11-17-9(12(13,14)15)6-10(18-11)19(2)8-4-5-20-7-8/h6,8H,3-5,7H2,1-2H3,(H,16,17,18). The minimum atomic E-state index is -4.47. The van der Waals surface area contributed by atoms with E-state index in [2.05, 4.69) is 15.3 Å². The highest BCUT2D eigenvalue weighted by Crippen LogP contribution is 2.32. The number of anilines is 2. The summed E-state index contributed by atoms with van der Waals surface area (Å²) < 4.78 is 38.7. The molecular formula is C12H17F3N4S. The van der Waals surface area contributed by atoms with Gasteiger partial charge >= 0.3 is 6.18 Å². The van der Waals surface area contributed by atoms with E-state index in [1.54, 1.807) is 25.7 Å². The second kappa shape index (κ2) is 6.07. The van der Waals surface area contributed by atoms with Gasteiger partial charge in [0.1, 0.15) is 5.82 Å². The lowest BCUT2D eigenvalue weighted by atomic mass is 10.2. The summed E-state index contributed by atoms with van der Waals surface area (Å²) in [7, 11) is 1.79. The number of rotatable bonds is 4. The van der Waals surface area contributed by atoms with Crippen molar-refractivity contribution in [3.8, 4) is 0 Å². The predicted octanol–water partition coefficient (Wildman–Crippen LogP) is 2.87. The van der Waals surface area contributed by atoms with E-state index >= 15 is 0 Å². The number of nitrogens with one attached hydrogen (secondary N) is 1. The van der Waals surface area contributed by atoms with Crippen LogP contribution in [0.2, 0.25) is 0 Å². The van der Waals surface area contributed by atoms with E-state index in [4.69, 9.17) is 0 Å². The summed E-state index contributed by atoms with van der Waals surface area (Å²) in [6.45, 7) is 2.27. The van der Waals surface area contributed by atoms with Gasteiger partial charge in [-0.2, -0.15) is 29.9 Å². The van der Waals surface area contributed by atoms with Crippen LogP contribution in [0.15, 0.2) is 6.07 Å². The number of hydrogen-bond acceptors (Lipinski definition) is 5. The first kappa shape index (κ1) is 15.2. The van der Waals surface area contributed by atoms with E-state index in [1.165, 1.54) is 0 Å². The maximum absolute atomic E-state index is 12.9. The van der Waals surface area contributed by atoms with Crippen molar-refractivity contribution < 1.29 is 13.2 Å². The van der Waals surface area contributed by atoms with Gasteiger partial charge in [0.05, 0.1) is 0 Å². The van der Waals surface area contributed by atoms with Crippen LogP contribution in [0, 0.1) is 0 Å². The smallest absolute Gasteiger partial charge is 0.356 e. The van der Waals surface area contributed by atoms with Crippen molar-refractivity contribution in [3.05, 3.63) is 11.8 Å². The summed E-state index contributed by atoms with van der Waals surface area (Å²) in [5, 5.41) is 2.75. The lowest BCUT2D eigenvalue weighted by Crippen LogP contribution is -2.32. The van der Waals surface area contributed by atoms with E-state index in [0.29, 0.717) is 12.4 Å². The van der Waals surface area contributed by atoms with Gasteiger partial charge in [0, 0.05) is 31.5 Å². The van der Waals surface area contributed by atoms with Crippen LogP contribution in [0.5, 0.6) is 0 Å². The van der Waals surface area contributed by atoms with Gasteiger partial charge in [-0.25, -0.2) is 4.98 Å². The van der Waals surface area contributed by atoms with Gasteiger partial charge in [-0.05, 0) is 19.1 Å². The second-order valence-electron chi connectivity index (χ2n) is 4.59. The van der Waals surface area contributed by atoms with Crippen LogP contribution < -0.4 is 10.2 Å². The largest absolute Gasteiger partial charge is 0.433 e. The molecule has 1 N–H and O–H groups in total. The van der Waals surface area contributed by atoms with Crippen molar-refractivity contribution in [2.75, 3.05) is 35.3 Å². The van der Waals surface area contributed by atoms with Crippen molar-refractivity contribution in [1.82, 2.24) is 9.97 Å². The van der Waals surface area contributed by atoms with E-state index < -0.39 is 11.9 Å². The van der Waals surface area contributed by atoms with E-state index in [-0.39, 0.29) is 12.0 Å². The molecule has 1 unspecified atom stereocenters. The molecule has 8 heteroatoms. The van der Waals surface area contributed by atoms with E-state index in [9.17, 15) is 13.2 Å². The fraction of sp³-hybridized carbons (Fsp3) is 0.667. The minimum Gasteiger partial charge on any atom is -0.356 e. The lowest BCUT2D eigenvalue weighted by molar-refractivity contribution is -0.141. The zero-order valence-electron chi connectivity index (χ0n) is 11.4. The molecule has 1 atom stereocenters. The molecule has 2 heterocycles. The third-order valence-corrected chi connectivity index (χ3v) is 4.30. The number of alkyl halides is 3. The molecule has 0 aromatic carbocycles. The Morgan fingerprint density at radius 1 is 1.45 bits per heavy atom. The van der Waals surface area contributed by atoms with E-state index in [1.807, 2.05) is 4.90 Å². The first-order valence-corrected chi connectivity index (χ1v) is 7.58. The number of hydrogen-bond donors (Lipinski definition) is 1. The molecule has 112 valence electrons. The Balaban J connectivity index is 2.32. The van der Waals surface area contributed by atoms with Gasteiger partial charge in [0.25, 0.3) is 0 Å². The van der Waals surface area contributed by atoms with Gasteiger partial charge in [0.2, 0.25) is 5.95 Å².